The first-order valence-electron chi connectivity index (χ1n) is 8.79. The van der Waals surface area contributed by atoms with Crippen molar-refractivity contribution < 1.29 is 8.42 Å². The van der Waals surface area contributed by atoms with Gasteiger partial charge in [0, 0.05) is 12.1 Å². The Morgan fingerprint density at radius 3 is 2.56 bits per heavy atom. The van der Waals surface area contributed by atoms with Gasteiger partial charge in [-0.15, -0.1) is 0 Å². The molecule has 0 unspecified atom stereocenters. The van der Waals surface area contributed by atoms with Gasteiger partial charge in [0.25, 0.3) is 10.0 Å². The number of rotatable bonds is 3. The number of H-pyrrole nitrogens is 1. The van der Waals surface area contributed by atoms with E-state index in [4.69, 9.17) is 0 Å². The Bertz CT molecular complexity index is 1250. The SMILES string of the molecule is O=S(=O)(c1ccc2nc(-c3ccccc3)[nH]c2c1)N1CCc2ccccc21. The van der Waals surface area contributed by atoms with Gasteiger partial charge in [-0.1, -0.05) is 48.5 Å². The van der Waals surface area contributed by atoms with Gasteiger partial charge in [0.15, 0.2) is 0 Å². The van der Waals surface area contributed by atoms with E-state index < -0.39 is 10.0 Å². The van der Waals surface area contributed by atoms with Crippen LogP contribution in [0.5, 0.6) is 0 Å². The van der Waals surface area contributed by atoms with Crippen LogP contribution in [0, 0.1) is 0 Å². The number of hydrogen-bond donors (Lipinski definition) is 1. The maximum atomic E-state index is 13.2. The van der Waals surface area contributed by atoms with Crippen LogP contribution >= 0.6 is 0 Å². The lowest BCUT2D eigenvalue weighted by molar-refractivity contribution is 0.592. The number of sulfonamides is 1. The smallest absolute Gasteiger partial charge is 0.264 e. The van der Waals surface area contributed by atoms with Crippen molar-refractivity contribution in [3.63, 3.8) is 0 Å². The van der Waals surface area contributed by atoms with Crippen molar-refractivity contribution in [1.82, 2.24) is 9.97 Å². The quantitative estimate of drug-likeness (QED) is 0.589. The van der Waals surface area contributed by atoms with Crippen LogP contribution < -0.4 is 4.31 Å². The molecule has 1 N–H and O–H groups in total. The van der Waals surface area contributed by atoms with Crippen LogP contribution in [0.4, 0.5) is 5.69 Å². The van der Waals surface area contributed by atoms with E-state index in [0.717, 1.165) is 34.6 Å². The van der Waals surface area contributed by atoms with Gasteiger partial charge >= 0.3 is 0 Å². The molecule has 134 valence electrons. The molecule has 4 aromatic rings. The Kier molecular flexibility index (Phi) is 3.55. The zero-order valence-corrected chi connectivity index (χ0v) is 15.3. The molecule has 0 spiro atoms. The van der Waals surface area contributed by atoms with Crippen LogP contribution in [0.1, 0.15) is 5.56 Å². The molecule has 0 radical (unpaired) electrons. The number of hydrogen-bond acceptors (Lipinski definition) is 3. The normalized spacial score (nSPS) is 13.9. The average molecular weight is 375 g/mol. The van der Waals surface area contributed by atoms with E-state index in [9.17, 15) is 8.42 Å². The number of aromatic amines is 1. The zero-order chi connectivity index (χ0) is 18.4. The van der Waals surface area contributed by atoms with E-state index in [0.29, 0.717) is 12.1 Å². The van der Waals surface area contributed by atoms with Crippen molar-refractivity contribution in [2.75, 3.05) is 10.8 Å². The van der Waals surface area contributed by atoms with Gasteiger partial charge in [-0.25, -0.2) is 13.4 Å². The van der Waals surface area contributed by atoms with Gasteiger partial charge in [-0.3, -0.25) is 4.31 Å². The molecule has 2 heterocycles. The molecule has 1 aliphatic heterocycles. The molecule has 0 fully saturated rings. The number of fused-ring (bicyclic) bond motifs is 2. The summed E-state index contributed by atoms with van der Waals surface area (Å²) < 4.78 is 27.9. The fourth-order valence-corrected chi connectivity index (χ4v) is 5.10. The first kappa shape index (κ1) is 16.1. The molecule has 0 amide bonds. The summed E-state index contributed by atoms with van der Waals surface area (Å²) in [7, 11) is -3.61. The molecule has 0 aliphatic carbocycles. The molecule has 1 aromatic heterocycles. The van der Waals surface area contributed by atoms with E-state index in [-0.39, 0.29) is 4.90 Å². The van der Waals surface area contributed by atoms with E-state index in [1.165, 1.54) is 4.31 Å². The van der Waals surface area contributed by atoms with Gasteiger partial charge < -0.3 is 4.98 Å². The maximum Gasteiger partial charge on any atom is 0.264 e. The zero-order valence-electron chi connectivity index (χ0n) is 14.5. The van der Waals surface area contributed by atoms with E-state index >= 15 is 0 Å². The molecule has 1 aliphatic rings. The number of nitrogens with one attached hydrogen (secondary N) is 1. The second kappa shape index (κ2) is 5.96. The summed E-state index contributed by atoms with van der Waals surface area (Å²) in [5.41, 5.74) is 4.26. The molecule has 3 aromatic carbocycles. The lowest BCUT2D eigenvalue weighted by Crippen LogP contribution is -2.29. The molecular weight excluding hydrogens is 358 g/mol. The third-order valence-corrected chi connectivity index (χ3v) is 6.74. The van der Waals surface area contributed by atoms with Gasteiger partial charge in [0.1, 0.15) is 5.82 Å². The van der Waals surface area contributed by atoms with Gasteiger partial charge in [0.05, 0.1) is 21.6 Å². The van der Waals surface area contributed by atoms with Crippen molar-refractivity contribution in [1.29, 1.82) is 0 Å². The molecule has 5 nitrogen and oxygen atoms in total. The maximum absolute atomic E-state index is 13.2. The molecule has 27 heavy (non-hydrogen) atoms. The molecular formula is C21H17N3O2S. The van der Waals surface area contributed by atoms with Gasteiger partial charge in [-0.05, 0) is 36.2 Å². The van der Waals surface area contributed by atoms with E-state index in [1.54, 1.807) is 18.2 Å². The van der Waals surface area contributed by atoms with Crippen molar-refractivity contribution in [3.8, 4) is 11.4 Å². The van der Waals surface area contributed by atoms with Crippen molar-refractivity contribution in [3.05, 3.63) is 78.4 Å². The Hall–Kier alpha value is -3.12. The van der Waals surface area contributed by atoms with E-state index in [1.807, 2.05) is 54.6 Å². The summed E-state index contributed by atoms with van der Waals surface area (Å²) in [6, 6.07) is 22.5. The number of benzene rings is 3. The predicted molar refractivity (Wildman–Crippen MR) is 106 cm³/mol. The van der Waals surface area contributed by atoms with Crippen LogP contribution in [0.2, 0.25) is 0 Å². The Balaban J connectivity index is 1.57. The summed E-state index contributed by atoms with van der Waals surface area (Å²) in [6.07, 6.45) is 0.736. The largest absolute Gasteiger partial charge is 0.338 e. The Morgan fingerprint density at radius 2 is 1.70 bits per heavy atom. The minimum Gasteiger partial charge on any atom is -0.338 e. The minimum atomic E-state index is -3.61. The number of aromatic nitrogens is 2. The second-order valence-corrected chi connectivity index (χ2v) is 8.45. The van der Waals surface area contributed by atoms with Crippen LogP contribution in [-0.2, 0) is 16.4 Å². The van der Waals surface area contributed by atoms with Crippen molar-refractivity contribution in [2.24, 2.45) is 0 Å². The van der Waals surface area contributed by atoms with Gasteiger partial charge in [-0.2, -0.15) is 0 Å². The number of imidazole rings is 1. The van der Waals surface area contributed by atoms with Crippen LogP contribution in [0.25, 0.3) is 22.4 Å². The molecule has 0 bridgehead atoms. The Morgan fingerprint density at radius 1 is 0.926 bits per heavy atom. The predicted octanol–water partition coefficient (Wildman–Crippen LogP) is 3.98. The highest BCUT2D eigenvalue weighted by atomic mass is 32.2. The van der Waals surface area contributed by atoms with Crippen LogP contribution in [-0.4, -0.2) is 24.9 Å². The van der Waals surface area contributed by atoms with Crippen molar-refractivity contribution >= 4 is 26.7 Å². The first-order chi connectivity index (χ1) is 13.1. The fraction of sp³-hybridized carbons (Fsp3) is 0.0952. The highest BCUT2D eigenvalue weighted by Gasteiger charge is 2.30. The summed E-state index contributed by atoms with van der Waals surface area (Å²) in [6.45, 7) is 0.470. The molecule has 0 saturated heterocycles. The van der Waals surface area contributed by atoms with Crippen LogP contribution in [0.3, 0.4) is 0 Å². The standard InChI is InChI=1S/C21H17N3O2S/c25-27(26,24-13-12-15-6-4-5-9-20(15)24)17-10-11-18-19(14-17)23-21(22-18)16-7-2-1-3-8-16/h1-11,14H,12-13H2,(H,22,23). The van der Waals surface area contributed by atoms with Crippen molar-refractivity contribution in [2.45, 2.75) is 11.3 Å². The van der Waals surface area contributed by atoms with Gasteiger partial charge in [0.2, 0.25) is 0 Å². The summed E-state index contributed by atoms with van der Waals surface area (Å²) in [4.78, 5) is 8.09. The average Bonchev–Trinajstić information content (AvgIpc) is 3.32. The highest BCUT2D eigenvalue weighted by molar-refractivity contribution is 7.92. The summed E-state index contributed by atoms with van der Waals surface area (Å²) in [5, 5.41) is 0. The Labute approximate surface area is 157 Å². The third kappa shape index (κ3) is 2.61. The summed E-state index contributed by atoms with van der Waals surface area (Å²) >= 11 is 0. The number of para-hydroxylation sites is 1. The second-order valence-electron chi connectivity index (χ2n) is 6.59. The first-order valence-corrected chi connectivity index (χ1v) is 10.2. The topological polar surface area (TPSA) is 66.1 Å². The highest BCUT2D eigenvalue weighted by Crippen LogP contribution is 2.33. The molecule has 6 heteroatoms. The molecule has 5 rings (SSSR count). The number of nitrogens with zero attached hydrogens (tertiary/aromatic N) is 2. The minimum absolute atomic E-state index is 0.273. The lowest BCUT2D eigenvalue weighted by Gasteiger charge is -2.19. The summed E-state index contributed by atoms with van der Waals surface area (Å²) in [5.74, 6) is 0.728. The lowest BCUT2D eigenvalue weighted by atomic mass is 10.2. The third-order valence-electron chi connectivity index (χ3n) is 4.93. The van der Waals surface area contributed by atoms with E-state index in [2.05, 4.69) is 9.97 Å². The molecule has 0 saturated carbocycles. The number of anilines is 1. The van der Waals surface area contributed by atoms with Crippen LogP contribution in [0.15, 0.2) is 77.7 Å². The monoisotopic (exact) mass is 375 g/mol. The molecule has 0 atom stereocenters. The fourth-order valence-electron chi connectivity index (χ4n) is 3.57.